The van der Waals surface area contributed by atoms with Crippen molar-refractivity contribution in [1.82, 2.24) is 0 Å². The molecule has 0 aromatic heterocycles. The van der Waals surface area contributed by atoms with E-state index in [1.165, 1.54) is 12.5 Å². The number of hydrogen-bond donors (Lipinski definition) is 2. The van der Waals surface area contributed by atoms with E-state index in [-0.39, 0.29) is 5.91 Å². The zero-order valence-corrected chi connectivity index (χ0v) is 10.3. The van der Waals surface area contributed by atoms with Crippen molar-refractivity contribution >= 4 is 17.3 Å². The Balaban J connectivity index is 2.76. The van der Waals surface area contributed by atoms with Crippen LogP contribution in [0.3, 0.4) is 0 Å². The molecule has 0 bridgehead atoms. The largest absolute Gasteiger partial charge is 0.383 e. The van der Waals surface area contributed by atoms with Crippen LogP contribution in [0, 0.1) is 6.92 Å². The van der Waals surface area contributed by atoms with Crippen molar-refractivity contribution < 1.29 is 4.79 Å². The first-order valence-corrected chi connectivity index (χ1v) is 5.75. The van der Waals surface area contributed by atoms with Crippen LogP contribution in [-0.4, -0.2) is 12.5 Å². The number of nitrogens with one attached hydrogen (secondary N) is 2. The molecule has 88 valence electrons. The molecule has 1 rings (SSSR count). The fourth-order valence-electron chi connectivity index (χ4n) is 1.50. The van der Waals surface area contributed by atoms with Crippen molar-refractivity contribution in [3.63, 3.8) is 0 Å². The number of aryl methyl sites for hydroxylation is 1. The SMILES string of the molecule is CCCCNc1cc(C)ccc1NC(C)=O. The van der Waals surface area contributed by atoms with E-state index in [0.29, 0.717) is 0 Å². The molecule has 0 aliphatic heterocycles. The lowest BCUT2D eigenvalue weighted by Gasteiger charge is -2.12. The number of benzene rings is 1. The Morgan fingerprint density at radius 2 is 2.06 bits per heavy atom. The summed E-state index contributed by atoms with van der Waals surface area (Å²) in [5.74, 6) is -0.0394. The first-order valence-electron chi connectivity index (χ1n) is 5.75. The summed E-state index contributed by atoms with van der Waals surface area (Å²) in [6.07, 6.45) is 2.29. The summed E-state index contributed by atoms with van der Waals surface area (Å²) in [6.45, 7) is 6.66. The Morgan fingerprint density at radius 1 is 1.31 bits per heavy atom. The fraction of sp³-hybridized carbons (Fsp3) is 0.462. The number of carbonyl (C=O) groups is 1. The summed E-state index contributed by atoms with van der Waals surface area (Å²) in [4.78, 5) is 11.0. The molecule has 3 nitrogen and oxygen atoms in total. The average molecular weight is 220 g/mol. The summed E-state index contributed by atoms with van der Waals surface area (Å²) in [5.41, 5.74) is 3.05. The zero-order chi connectivity index (χ0) is 12.0. The highest BCUT2D eigenvalue weighted by Gasteiger charge is 2.03. The van der Waals surface area contributed by atoms with E-state index in [1.807, 2.05) is 19.1 Å². The molecule has 0 atom stereocenters. The minimum Gasteiger partial charge on any atom is -0.383 e. The van der Waals surface area contributed by atoms with Crippen LogP contribution in [0.4, 0.5) is 11.4 Å². The number of hydrogen-bond acceptors (Lipinski definition) is 2. The molecule has 0 heterocycles. The fourth-order valence-corrected chi connectivity index (χ4v) is 1.50. The van der Waals surface area contributed by atoms with E-state index in [4.69, 9.17) is 0 Å². The van der Waals surface area contributed by atoms with Gasteiger partial charge in [0.2, 0.25) is 5.91 Å². The number of anilines is 2. The van der Waals surface area contributed by atoms with Gasteiger partial charge in [-0.25, -0.2) is 0 Å². The lowest BCUT2D eigenvalue weighted by atomic mass is 10.2. The first-order chi connectivity index (χ1) is 7.63. The van der Waals surface area contributed by atoms with Gasteiger partial charge in [-0.15, -0.1) is 0 Å². The van der Waals surface area contributed by atoms with Crippen LogP contribution in [0.25, 0.3) is 0 Å². The van der Waals surface area contributed by atoms with Crippen molar-refractivity contribution in [2.24, 2.45) is 0 Å². The van der Waals surface area contributed by atoms with E-state index >= 15 is 0 Å². The van der Waals surface area contributed by atoms with Crippen LogP contribution < -0.4 is 10.6 Å². The van der Waals surface area contributed by atoms with Gasteiger partial charge < -0.3 is 10.6 Å². The van der Waals surface area contributed by atoms with Gasteiger partial charge in [-0.05, 0) is 31.0 Å². The molecule has 0 saturated heterocycles. The monoisotopic (exact) mass is 220 g/mol. The van der Waals surface area contributed by atoms with Crippen LogP contribution in [0.2, 0.25) is 0 Å². The summed E-state index contributed by atoms with van der Waals surface area (Å²) < 4.78 is 0. The second-order valence-electron chi connectivity index (χ2n) is 4.01. The molecular weight excluding hydrogens is 200 g/mol. The maximum absolute atomic E-state index is 11.0. The maximum Gasteiger partial charge on any atom is 0.221 e. The summed E-state index contributed by atoms with van der Waals surface area (Å²) in [7, 11) is 0. The minimum absolute atomic E-state index is 0.0394. The van der Waals surface area contributed by atoms with Gasteiger partial charge in [-0.1, -0.05) is 19.4 Å². The van der Waals surface area contributed by atoms with Crippen molar-refractivity contribution in [3.05, 3.63) is 23.8 Å². The smallest absolute Gasteiger partial charge is 0.221 e. The molecule has 0 saturated carbocycles. The van der Waals surface area contributed by atoms with Gasteiger partial charge in [0.1, 0.15) is 0 Å². The van der Waals surface area contributed by atoms with Crippen LogP contribution >= 0.6 is 0 Å². The molecule has 16 heavy (non-hydrogen) atoms. The van der Waals surface area contributed by atoms with Gasteiger partial charge in [0.25, 0.3) is 0 Å². The van der Waals surface area contributed by atoms with E-state index in [0.717, 1.165) is 30.8 Å². The molecule has 0 fully saturated rings. The highest BCUT2D eigenvalue weighted by Crippen LogP contribution is 2.23. The van der Waals surface area contributed by atoms with Crippen LogP contribution in [0.15, 0.2) is 18.2 Å². The molecule has 1 aromatic rings. The molecule has 2 N–H and O–H groups in total. The van der Waals surface area contributed by atoms with E-state index in [9.17, 15) is 4.79 Å². The molecule has 1 amide bonds. The molecule has 0 aliphatic rings. The van der Waals surface area contributed by atoms with E-state index in [2.05, 4.69) is 23.6 Å². The Hall–Kier alpha value is -1.51. The predicted molar refractivity (Wildman–Crippen MR) is 68.9 cm³/mol. The Bertz CT molecular complexity index is 361. The summed E-state index contributed by atoms with van der Waals surface area (Å²) >= 11 is 0. The van der Waals surface area contributed by atoms with Crippen molar-refractivity contribution in [3.8, 4) is 0 Å². The third-order valence-electron chi connectivity index (χ3n) is 2.33. The molecule has 1 aromatic carbocycles. The van der Waals surface area contributed by atoms with Gasteiger partial charge in [0, 0.05) is 13.5 Å². The number of carbonyl (C=O) groups excluding carboxylic acids is 1. The summed E-state index contributed by atoms with van der Waals surface area (Å²) in [6, 6.07) is 5.99. The van der Waals surface area contributed by atoms with Gasteiger partial charge in [0.05, 0.1) is 11.4 Å². The van der Waals surface area contributed by atoms with Crippen molar-refractivity contribution in [2.75, 3.05) is 17.2 Å². The Morgan fingerprint density at radius 3 is 2.69 bits per heavy atom. The lowest BCUT2D eigenvalue weighted by molar-refractivity contribution is -0.114. The van der Waals surface area contributed by atoms with E-state index in [1.54, 1.807) is 0 Å². The molecule has 0 radical (unpaired) electrons. The summed E-state index contributed by atoms with van der Waals surface area (Å²) in [5, 5.41) is 6.17. The second kappa shape index (κ2) is 6.16. The van der Waals surface area contributed by atoms with Crippen molar-refractivity contribution in [1.29, 1.82) is 0 Å². The Labute approximate surface area is 97.2 Å². The zero-order valence-electron chi connectivity index (χ0n) is 10.3. The minimum atomic E-state index is -0.0394. The Kier molecular flexibility index (Phi) is 4.83. The quantitative estimate of drug-likeness (QED) is 0.748. The van der Waals surface area contributed by atoms with Crippen LogP contribution in [0.5, 0.6) is 0 Å². The molecule has 0 spiro atoms. The molecule has 0 aliphatic carbocycles. The lowest BCUT2D eigenvalue weighted by Crippen LogP contribution is -2.10. The van der Waals surface area contributed by atoms with Crippen molar-refractivity contribution in [2.45, 2.75) is 33.6 Å². The topological polar surface area (TPSA) is 41.1 Å². The van der Waals surface area contributed by atoms with Gasteiger partial charge in [0.15, 0.2) is 0 Å². The number of rotatable bonds is 5. The number of amides is 1. The average Bonchev–Trinajstić information content (AvgIpc) is 2.22. The predicted octanol–water partition coefficient (Wildman–Crippen LogP) is 3.17. The molecular formula is C13H20N2O. The number of unbranched alkanes of at least 4 members (excludes halogenated alkanes) is 1. The van der Waals surface area contributed by atoms with E-state index < -0.39 is 0 Å². The normalized spacial score (nSPS) is 9.94. The third-order valence-corrected chi connectivity index (χ3v) is 2.33. The van der Waals surface area contributed by atoms with Gasteiger partial charge in [-0.3, -0.25) is 4.79 Å². The maximum atomic E-state index is 11.0. The highest BCUT2D eigenvalue weighted by atomic mass is 16.1. The van der Waals surface area contributed by atoms with Crippen LogP contribution in [-0.2, 0) is 4.79 Å². The molecule has 3 heteroatoms. The van der Waals surface area contributed by atoms with Gasteiger partial charge >= 0.3 is 0 Å². The highest BCUT2D eigenvalue weighted by molar-refractivity contribution is 5.92. The standard InChI is InChI=1S/C13H20N2O/c1-4-5-8-14-13-9-10(2)6-7-12(13)15-11(3)16/h6-7,9,14H,4-5,8H2,1-3H3,(H,15,16). The second-order valence-corrected chi connectivity index (χ2v) is 4.01. The van der Waals surface area contributed by atoms with Crippen LogP contribution in [0.1, 0.15) is 32.3 Å². The van der Waals surface area contributed by atoms with Gasteiger partial charge in [-0.2, -0.15) is 0 Å². The first kappa shape index (κ1) is 12.6. The molecule has 0 unspecified atom stereocenters. The third kappa shape index (κ3) is 3.93.